The van der Waals surface area contributed by atoms with Gasteiger partial charge in [-0.25, -0.2) is 9.59 Å². The molecular weight excluding hydrogens is 810 g/mol. The number of pyridine rings is 1. The van der Waals surface area contributed by atoms with Gasteiger partial charge in [-0.3, -0.25) is 33.8 Å². The van der Waals surface area contributed by atoms with Crippen LogP contribution in [0.4, 0.5) is 0 Å². The van der Waals surface area contributed by atoms with Gasteiger partial charge < -0.3 is 52.2 Å². The summed E-state index contributed by atoms with van der Waals surface area (Å²) in [6, 6.07) is 4.17. The van der Waals surface area contributed by atoms with E-state index in [1.165, 1.54) is 44.6 Å². The van der Waals surface area contributed by atoms with Crippen LogP contribution in [0.5, 0.6) is 0 Å². The molecule has 20 heteroatoms. The molecule has 0 amide bonds. The molecule has 4 heterocycles. The highest BCUT2D eigenvalue weighted by Gasteiger charge is 2.92. The number of aryl methyl sites for hydroxylation is 1. The summed E-state index contributed by atoms with van der Waals surface area (Å²) < 4.78 is 60.3. The van der Waals surface area contributed by atoms with E-state index in [1.807, 2.05) is 0 Å². The van der Waals surface area contributed by atoms with E-state index in [1.54, 1.807) is 6.07 Å². The van der Waals surface area contributed by atoms with E-state index in [2.05, 4.69) is 4.98 Å². The Morgan fingerprint density at radius 2 is 1.46 bits per heavy atom. The van der Waals surface area contributed by atoms with Gasteiger partial charge in [0.2, 0.25) is 5.76 Å². The lowest BCUT2D eigenvalue weighted by Crippen LogP contribution is -2.89. The van der Waals surface area contributed by atoms with Gasteiger partial charge >= 0.3 is 47.8 Å². The zero-order valence-corrected chi connectivity index (χ0v) is 34.7. The summed E-state index contributed by atoms with van der Waals surface area (Å²) in [5, 5.41) is 13.6. The monoisotopic (exact) mass is 857 g/mol. The second kappa shape index (κ2) is 16.5. The van der Waals surface area contributed by atoms with Gasteiger partial charge in [0, 0.05) is 47.0 Å². The molecule has 1 saturated heterocycles. The van der Waals surface area contributed by atoms with Crippen LogP contribution in [0.15, 0.2) is 41.3 Å². The summed E-state index contributed by atoms with van der Waals surface area (Å²) in [4.78, 5) is 113. The smallest absolute Gasteiger partial charge is 0.374 e. The first-order chi connectivity index (χ1) is 28.6. The number of hydrogen-bond donors (Lipinski definition) is 1. The van der Waals surface area contributed by atoms with E-state index < -0.39 is 132 Å². The van der Waals surface area contributed by atoms with Crippen LogP contribution in [0, 0.1) is 17.3 Å². The molecule has 2 aromatic rings. The summed E-state index contributed by atoms with van der Waals surface area (Å²) in [7, 11) is 0. The Morgan fingerprint density at radius 3 is 2.05 bits per heavy atom. The number of rotatable bonds is 8. The molecule has 1 N–H and O–H groups in total. The third-order valence-corrected chi connectivity index (χ3v) is 11.9. The van der Waals surface area contributed by atoms with Crippen LogP contribution in [0.3, 0.4) is 0 Å². The zero-order valence-electron chi connectivity index (χ0n) is 34.7. The number of ether oxygens (including phenoxy) is 9. The van der Waals surface area contributed by atoms with Crippen LogP contribution in [0.1, 0.15) is 88.3 Å². The molecule has 2 aliphatic heterocycles. The second-order valence-electron chi connectivity index (χ2n) is 16.1. The molecule has 330 valence electrons. The maximum atomic E-state index is 14.3. The number of carbonyl (C=O) groups is 8. The predicted molar refractivity (Wildman–Crippen MR) is 197 cm³/mol. The molecule has 1 spiro atoms. The number of nitrogens with zero attached hydrogens (tertiary/aromatic N) is 1. The maximum Gasteiger partial charge on any atom is 0.374 e. The first-order valence-corrected chi connectivity index (χ1v) is 19.4. The Kier molecular flexibility index (Phi) is 12.1. The minimum Gasteiger partial charge on any atom is -0.465 e. The van der Waals surface area contributed by atoms with Crippen molar-refractivity contribution in [3.05, 3.63) is 53.7 Å². The fourth-order valence-corrected chi connectivity index (χ4v) is 9.57. The molecular formula is C41H47NO19. The molecule has 12 atom stereocenters. The first-order valence-electron chi connectivity index (χ1n) is 19.4. The minimum atomic E-state index is -2.87. The summed E-state index contributed by atoms with van der Waals surface area (Å²) in [6.07, 6.45) is -8.21. The number of cyclic esters (lactones) is 1. The molecule has 20 nitrogen and oxygen atoms in total. The van der Waals surface area contributed by atoms with E-state index in [9.17, 15) is 43.5 Å². The molecule has 0 radical (unpaired) electrons. The molecule has 6 rings (SSSR count). The van der Waals surface area contributed by atoms with Crippen molar-refractivity contribution in [1.29, 1.82) is 0 Å². The normalized spacial score (nSPS) is 35.4. The average molecular weight is 858 g/mol. The van der Waals surface area contributed by atoms with E-state index in [-0.39, 0.29) is 24.2 Å². The third kappa shape index (κ3) is 7.59. The van der Waals surface area contributed by atoms with Crippen molar-refractivity contribution >= 4 is 47.8 Å². The number of hydrogen-bond acceptors (Lipinski definition) is 20. The molecule has 61 heavy (non-hydrogen) atoms. The molecule has 2 aromatic heterocycles. The SMILES string of the molecule is CC(=O)OC[C@]12[C@H](OC(C)=O)[C@@H](OC(C)=O)[C@@H]3[C@@H](OC(=O)c4ccco4)[C@@]14O[C@@]3(C)COC(=O)c1cnccc1CCC(C)C(=O)O[C@@H]([C@H](OC(C)=O)[C@@H]2OC(C)=O)[C@]4(C)O. The van der Waals surface area contributed by atoms with Crippen molar-refractivity contribution in [3.8, 4) is 0 Å². The fraction of sp³-hybridized carbons (Fsp3) is 0.585. The van der Waals surface area contributed by atoms with Gasteiger partial charge in [0.05, 0.1) is 23.7 Å². The number of aromatic nitrogens is 1. The number of carbonyl (C=O) groups excluding carboxylic acids is 8. The van der Waals surface area contributed by atoms with Crippen LogP contribution in [-0.4, -0.2) is 124 Å². The Balaban J connectivity index is 1.79. The average Bonchev–Trinajstić information content (AvgIpc) is 3.79. The highest BCUT2D eigenvalue weighted by Crippen LogP contribution is 2.70. The van der Waals surface area contributed by atoms with Gasteiger partial charge in [0.1, 0.15) is 42.0 Å². The first kappa shape index (κ1) is 44.7. The van der Waals surface area contributed by atoms with Crippen LogP contribution in [-0.2, 0) is 77.8 Å². The largest absolute Gasteiger partial charge is 0.465 e. The van der Waals surface area contributed by atoms with E-state index >= 15 is 0 Å². The Labute approximate surface area is 348 Å². The Hall–Kier alpha value is -5.89. The number of furan rings is 1. The Morgan fingerprint density at radius 1 is 0.836 bits per heavy atom. The van der Waals surface area contributed by atoms with Gasteiger partial charge in [0.25, 0.3) is 0 Å². The van der Waals surface area contributed by atoms with Crippen molar-refractivity contribution in [2.24, 2.45) is 17.3 Å². The van der Waals surface area contributed by atoms with Gasteiger partial charge in [-0.2, -0.15) is 0 Å². The van der Waals surface area contributed by atoms with Crippen molar-refractivity contribution in [2.75, 3.05) is 13.2 Å². The predicted octanol–water partition coefficient (Wildman–Crippen LogP) is 1.75. The topological polar surface area (TPSA) is 266 Å². The molecule has 1 unspecified atom stereocenters. The minimum absolute atomic E-state index is 0.00980. The van der Waals surface area contributed by atoms with E-state index in [4.69, 9.17) is 47.0 Å². The lowest BCUT2D eigenvalue weighted by Gasteiger charge is -2.67. The standard InChI is InChI=1S/C41H47NO19/c1-19-11-12-25-13-14-42-16-26(25)36(49)54-17-38(7)28-29(55-21(3)44)33(57-23(5)46)40(18-53-20(2)43)34(58-24(6)47)30(56-22(4)45)32(60-35(19)48)39(8,51)41(40,61-38)31(28)59-37(50)27-10-9-15-52-27/h9-10,13-16,19,28-34,51H,11-12,17-18H2,1-8H3/t19?,28-,29+,30+,31-,32+,33-,34+,38+,39+,40-,41+/m1/s1. The summed E-state index contributed by atoms with van der Waals surface area (Å²) in [5.74, 6) is -11.3. The highest BCUT2D eigenvalue weighted by molar-refractivity contribution is 5.91. The van der Waals surface area contributed by atoms with E-state index in [0.717, 1.165) is 41.5 Å². The molecule has 4 bridgehead atoms. The Bertz CT molecular complexity index is 2100. The number of fused-ring (bicyclic) bond motifs is 5. The van der Waals surface area contributed by atoms with Crippen molar-refractivity contribution < 1.29 is 90.5 Å². The second-order valence-corrected chi connectivity index (χ2v) is 16.1. The van der Waals surface area contributed by atoms with Gasteiger partial charge in [-0.15, -0.1) is 0 Å². The van der Waals surface area contributed by atoms with Crippen molar-refractivity contribution in [2.45, 2.75) is 122 Å². The summed E-state index contributed by atoms with van der Waals surface area (Å²) in [5.41, 5.74) is -10.0. The van der Waals surface area contributed by atoms with Crippen LogP contribution >= 0.6 is 0 Å². The third-order valence-electron chi connectivity index (χ3n) is 11.9. The lowest BCUT2D eigenvalue weighted by molar-refractivity contribution is -0.386. The fourth-order valence-electron chi connectivity index (χ4n) is 9.57. The zero-order chi connectivity index (χ0) is 44.8. The molecule has 2 aliphatic carbocycles. The molecule has 4 aliphatic rings. The number of aliphatic hydroxyl groups is 1. The molecule has 2 saturated carbocycles. The maximum absolute atomic E-state index is 14.3. The van der Waals surface area contributed by atoms with Gasteiger partial charge in [-0.1, -0.05) is 6.92 Å². The van der Waals surface area contributed by atoms with E-state index in [0.29, 0.717) is 5.56 Å². The van der Waals surface area contributed by atoms with Gasteiger partial charge in [-0.05, 0) is 50.5 Å². The summed E-state index contributed by atoms with van der Waals surface area (Å²) >= 11 is 0. The van der Waals surface area contributed by atoms with Crippen LogP contribution < -0.4 is 0 Å². The lowest BCUT2D eigenvalue weighted by atomic mass is 9.45. The quantitative estimate of drug-likeness (QED) is 0.293. The van der Waals surface area contributed by atoms with Crippen LogP contribution in [0.2, 0.25) is 0 Å². The van der Waals surface area contributed by atoms with Crippen molar-refractivity contribution in [1.82, 2.24) is 4.98 Å². The summed E-state index contributed by atoms with van der Waals surface area (Å²) in [6.45, 7) is 6.98. The molecule has 0 aromatic carbocycles. The van der Waals surface area contributed by atoms with Gasteiger partial charge in [0.15, 0.2) is 30.0 Å². The molecule has 3 fully saturated rings. The van der Waals surface area contributed by atoms with Crippen LogP contribution in [0.25, 0.3) is 0 Å². The van der Waals surface area contributed by atoms with Crippen molar-refractivity contribution in [3.63, 3.8) is 0 Å². The number of esters is 8. The highest BCUT2D eigenvalue weighted by atomic mass is 16.7.